The van der Waals surface area contributed by atoms with E-state index < -0.39 is 18.0 Å². The van der Waals surface area contributed by atoms with Crippen LogP contribution in [0.25, 0.3) is 0 Å². The van der Waals surface area contributed by atoms with Gasteiger partial charge in [-0.2, -0.15) is 11.8 Å². The molecule has 0 rings (SSSR count). The molecule has 100 valence electrons. The van der Waals surface area contributed by atoms with E-state index in [-0.39, 0.29) is 5.91 Å². The van der Waals surface area contributed by atoms with Gasteiger partial charge in [-0.15, -0.1) is 0 Å². The number of primary amides is 1. The van der Waals surface area contributed by atoms with Crippen molar-refractivity contribution >= 4 is 23.6 Å². The van der Waals surface area contributed by atoms with Crippen molar-refractivity contribution < 1.29 is 9.59 Å². The summed E-state index contributed by atoms with van der Waals surface area (Å²) < 4.78 is 0. The molecule has 6 heteroatoms. The van der Waals surface area contributed by atoms with Crippen LogP contribution >= 0.6 is 11.8 Å². The van der Waals surface area contributed by atoms with Crippen molar-refractivity contribution in [1.29, 1.82) is 0 Å². The normalized spacial score (nSPS) is 14.4. The van der Waals surface area contributed by atoms with Crippen molar-refractivity contribution in [3.63, 3.8) is 0 Å². The average Bonchev–Trinajstić information content (AvgIpc) is 2.22. The monoisotopic (exact) mass is 261 g/mol. The van der Waals surface area contributed by atoms with Crippen molar-refractivity contribution in [3.8, 4) is 0 Å². The van der Waals surface area contributed by atoms with E-state index in [1.807, 2.05) is 20.1 Å². The van der Waals surface area contributed by atoms with E-state index in [1.54, 1.807) is 11.8 Å². The number of hydrogen-bond acceptors (Lipinski definition) is 4. The molecule has 0 aliphatic rings. The zero-order chi connectivity index (χ0) is 13.4. The highest BCUT2D eigenvalue weighted by atomic mass is 32.2. The molecule has 0 unspecified atom stereocenters. The summed E-state index contributed by atoms with van der Waals surface area (Å²) in [5.74, 6) is 0.301. The first kappa shape index (κ1) is 16.2. The average molecular weight is 261 g/mol. The molecule has 5 nitrogen and oxygen atoms in total. The molecular formula is C11H23N3O2S. The zero-order valence-electron chi connectivity index (χ0n) is 10.7. The van der Waals surface area contributed by atoms with Crippen molar-refractivity contribution in [3.05, 3.63) is 0 Å². The number of nitrogens with two attached hydrogens (primary N) is 2. The van der Waals surface area contributed by atoms with Crippen LogP contribution in [0.1, 0.15) is 26.7 Å². The second kappa shape index (κ2) is 8.36. The number of carbonyl (C=O) groups excluding carboxylic acids is 2. The summed E-state index contributed by atoms with van der Waals surface area (Å²) in [5.41, 5.74) is 10.9. The molecule has 0 spiro atoms. The second-order valence-electron chi connectivity index (χ2n) is 4.48. The summed E-state index contributed by atoms with van der Waals surface area (Å²) >= 11 is 1.60. The van der Waals surface area contributed by atoms with Gasteiger partial charge in [-0.3, -0.25) is 9.59 Å². The fourth-order valence-electron chi connectivity index (χ4n) is 1.41. The van der Waals surface area contributed by atoms with Gasteiger partial charge in [0.2, 0.25) is 11.8 Å². The molecule has 0 aliphatic heterocycles. The van der Waals surface area contributed by atoms with Gasteiger partial charge in [0.05, 0.1) is 6.04 Å². The van der Waals surface area contributed by atoms with E-state index in [1.165, 1.54) is 0 Å². The molecule has 0 saturated heterocycles. The first-order valence-electron chi connectivity index (χ1n) is 5.72. The highest BCUT2D eigenvalue weighted by Crippen LogP contribution is 2.04. The fourth-order valence-corrected chi connectivity index (χ4v) is 1.89. The standard InChI is InChI=1S/C11H23N3O2S/c1-7(2)6-8(12)11(16)14-9(10(13)15)4-5-17-3/h7-9H,4-6,12H2,1-3H3,(H2,13,15)(H,14,16)/t8-,9+/m1/s1. The maximum absolute atomic E-state index is 11.7. The molecule has 2 amide bonds. The molecule has 0 aromatic carbocycles. The van der Waals surface area contributed by atoms with Gasteiger partial charge in [0.15, 0.2) is 0 Å². The predicted octanol–water partition coefficient (Wildman–Crippen LogP) is 0.0830. The number of carbonyl (C=O) groups is 2. The molecule has 0 aromatic heterocycles. The summed E-state index contributed by atoms with van der Waals surface area (Å²) in [4.78, 5) is 22.8. The third-order valence-corrected chi connectivity index (χ3v) is 2.98. The summed E-state index contributed by atoms with van der Waals surface area (Å²) in [6, 6.07) is -1.20. The summed E-state index contributed by atoms with van der Waals surface area (Å²) in [6.45, 7) is 3.98. The minimum atomic E-state index is -0.617. The Hall–Kier alpha value is -0.750. The number of rotatable bonds is 8. The molecular weight excluding hydrogens is 238 g/mol. The maximum atomic E-state index is 11.7. The highest BCUT2D eigenvalue weighted by Gasteiger charge is 2.21. The minimum Gasteiger partial charge on any atom is -0.368 e. The largest absolute Gasteiger partial charge is 0.368 e. The van der Waals surface area contributed by atoms with Gasteiger partial charge >= 0.3 is 0 Å². The Morgan fingerprint density at radius 2 is 1.94 bits per heavy atom. The predicted molar refractivity (Wildman–Crippen MR) is 71.6 cm³/mol. The lowest BCUT2D eigenvalue weighted by Gasteiger charge is -2.19. The quantitative estimate of drug-likeness (QED) is 0.576. The number of amides is 2. The van der Waals surface area contributed by atoms with Crippen LogP contribution in [0.3, 0.4) is 0 Å². The van der Waals surface area contributed by atoms with Crippen LogP contribution in [0.2, 0.25) is 0 Å². The molecule has 0 fully saturated rings. The Morgan fingerprint density at radius 3 is 2.35 bits per heavy atom. The van der Waals surface area contributed by atoms with Gasteiger partial charge in [-0.1, -0.05) is 13.8 Å². The third kappa shape index (κ3) is 7.23. The number of thioether (sulfide) groups is 1. The van der Waals surface area contributed by atoms with Crippen LogP contribution in [0.4, 0.5) is 0 Å². The summed E-state index contributed by atoms with van der Waals surface area (Å²) in [5, 5.41) is 2.60. The first-order valence-corrected chi connectivity index (χ1v) is 7.12. The summed E-state index contributed by atoms with van der Waals surface area (Å²) in [7, 11) is 0. The van der Waals surface area contributed by atoms with Gasteiger partial charge < -0.3 is 16.8 Å². The van der Waals surface area contributed by atoms with Crippen molar-refractivity contribution in [1.82, 2.24) is 5.32 Å². The fraction of sp³-hybridized carbons (Fsp3) is 0.818. The van der Waals surface area contributed by atoms with Gasteiger partial charge in [-0.05, 0) is 30.8 Å². The zero-order valence-corrected chi connectivity index (χ0v) is 11.5. The van der Waals surface area contributed by atoms with Crippen molar-refractivity contribution in [2.75, 3.05) is 12.0 Å². The topological polar surface area (TPSA) is 98.2 Å². The Morgan fingerprint density at radius 1 is 1.35 bits per heavy atom. The SMILES string of the molecule is CSCC[C@H](NC(=O)[C@H](N)CC(C)C)C(N)=O. The second-order valence-corrected chi connectivity index (χ2v) is 5.47. The molecule has 0 bridgehead atoms. The molecule has 17 heavy (non-hydrogen) atoms. The van der Waals surface area contributed by atoms with Gasteiger partial charge in [0.25, 0.3) is 0 Å². The van der Waals surface area contributed by atoms with Gasteiger partial charge in [-0.25, -0.2) is 0 Å². The molecule has 0 aromatic rings. The van der Waals surface area contributed by atoms with Gasteiger partial charge in [0.1, 0.15) is 6.04 Å². The molecule has 0 saturated carbocycles. The van der Waals surface area contributed by atoms with Crippen LogP contribution in [0.5, 0.6) is 0 Å². The minimum absolute atomic E-state index is 0.302. The third-order valence-electron chi connectivity index (χ3n) is 2.33. The van der Waals surface area contributed by atoms with E-state index in [0.717, 1.165) is 5.75 Å². The van der Waals surface area contributed by atoms with Crippen LogP contribution in [0.15, 0.2) is 0 Å². The van der Waals surface area contributed by atoms with E-state index >= 15 is 0 Å². The van der Waals surface area contributed by atoms with Crippen LogP contribution in [-0.4, -0.2) is 35.9 Å². The van der Waals surface area contributed by atoms with Crippen LogP contribution in [-0.2, 0) is 9.59 Å². The maximum Gasteiger partial charge on any atom is 0.240 e. The Labute approximate surface area is 107 Å². The van der Waals surface area contributed by atoms with E-state index in [0.29, 0.717) is 18.8 Å². The Kier molecular flexibility index (Phi) is 7.99. The number of nitrogens with one attached hydrogen (secondary N) is 1. The first-order chi connectivity index (χ1) is 7.88. The Balaban J connectivity index is 4.24. The van der Waals surface area contributed by atoms with Gasteiger partial charge in [0, 0.05) is 0 Å². The van der Waals surface area contributed by atoms with Crippen molar-refractivity contribution in [2.24, 2.45) is 17.4 Å². The molecule has 0 heterocycles. The molecule has 0 aliphatic carbocycles. The van der Waals surface area contributed by atoms with E-state index in [2.05, 4.69) is 5.32 Å². The van der Waals surface area contributed by atoms with Crippen LogP contribution < -0.4 is 16.8 Å². The summed E-state index contributed by atoms with van der Waals surface area (Å²) in [6.07, 6.45) is 3.07. The van der Waals surface area contributed by atoms with E-state index in [9.17, 15) is 9.59 Å². The Bertz CT molecular complexity index is 259. The van der Waals surface area contributed by atoms with Crippen LogP contribution in [0, 0.1) is 5.92 Å². The lowest BCUT2D eigenvalue weighted by molar-refractivity contribution is -0.128. The smallest absolute Gasteiger partial charge is 0.240 e. The highest BCUT2D eigenvalue weighted by molar-refractivity contribution is 7.98. The lowest BCUT2D eigenvalue weighted by atomic mass is 10.0. The number of hydrogen-bond donors (Lipinski definition) is 3. The lowest BCUT2D eigenvalue weighted by Crippen LogP contribution is -2.50. The van der Waals surface area contributed by atoms with Crippen molar-refractivity contribution in [2.45, 2.75) is 38.8 Å². The molecule has 5 N–H and O–H groups in total. The molecule has 0 radical (unpaired) electrons. The van der Waals surface area contributed by atoms with E-state index in [4.69, 9.17) is 11.5 Å². The molecule has 2 atom stereocenters.